The number of ether oxygens (including phenoxy) is 2. The van der Waals surface area contributed by atoms with Gasteiger partial charge in [-0.15, -0.1) is 0 Å². The van der Waals surface area contributed by atoms with E-state index in [1.54, 1.807) is 17.8 Å². The number of fused-ring (bicyclic) bond motifs is 1. The molecule has 0 spiro atoms. The zero-order valence-electron chi connectivity index (χ0n) is 10.6. The lowest BCUT2D eigenvalue weighted by Crippen LogP contribution is -2.05. The Hall–Kier alpha value is -2.32. The standard InChI is InChI=1S/C14H13N3O2/c1-18-13-6-11(10-2-4-19-5-3-10)9-17-14(13)12(7-15)8-16-17/h2,6,8-9H,3-5H2,1H3. The summed E-state index contributed by atoms with van der Waals surface area (Å²) in [5, 5.41) is 13.3. The van der Waals surface area contributed by atoms with Crippen LogP contribution in [0.3, 0.4) is 0 Å². The summed E-state index contributed by atoms with van der Waals surface area (Å²) >= 11 is 0. The van der Waals surface area contributed by atoms with Crippen LogP contribution in [0.5, 0.6) is 5.75 Å². The van der Waals surface area contributed by atoms with Crippen molar-refractivity contribution in [1.82, 2.24) is 9.61 Å². The van der Waals surface area contributed by atoms with E-state index in [0.29, 0.717) is 23.4 Å². The number of hydrogen-bond acceptors (Lipinski definition) is 4. The molecule has 0 aromatic carbocycles. The summed E-state index contributed by atoms with van der Waals surface area (Å²) in [4.78, 5) is 0. The summed E-state index contributed by atoms with van der Waals surface area (Å²) in [7, 11) is 1.60. The van der Waals surface area contributed by atoms with E-state index in [9.17, 15) is 0 Å². The highest BCUT2D eigenvalue weighted by molar-refractivity contribution is 5.75. The molecule has 0 aliphatic carbocycles. The van der Waals surface area contributed by atoms with Crippen LogP contribution >= 0.6 is 0 Å². The van der Waals surface area contributed by atoms with E-state index < -0.39 is 0 Å². The van der Waals surface area contributed by atoms with Crippen molar-refractivity contribution in [3.05, 3.63) is 35.7 Å². The highest BCUT2D eigenvalue weighted by Gasteiger charge is 2.14. The first-order chi connectivity index (χ1) is 9.33. The Morgan fingerprint density at radius 1 is 1.53 bits per heavy atom. The molecule has 0 saturated carbocycles. The molecule has 5 nitrogen and oxygen atoms in total. The van der Waals surface area contributed by atoms with Crippen molar-refractivity contribution in [3.8, 4) is 11.8 Å². The van der Waals surface area contributed by atoms with Crippen LogP contribution in [0.15, 0.2) is 24.5 Å². The van der Waals surface area contributed by atoms with Crippen molar-refractivity contribution in [2.45, 2.75) is 6.42 Å². The maximum atomic E-state index is 9.08. The Morgan fingerprint density at radius 2 is 2.42 bits per heavy atom. The normalized spacial score (nSPS) is 15.1. The number of methoxy groups -OCH3 is 1. The van der Waals surface area contributed by atoms with Crippen LogP contribution in [0.1, 0.15) is 17.5 Å². The fourth-order valence-electron chi connectivity index (χ4n) is 2.29. The molecule has 0 N–H and O–H groups in total. The van der Waals surface area contributed by atoms with Gasteiger partial charge in [0.1, 0.15) is 22.9 Å². The highest BCUT2D eigenvalue weighted by Crippen LogP contribution is 2.29. The molecular weight excluding hydrogens is 242 g/mol. The monoisotopic (exact) mass is 255 g/mol. The molecule has 0 radical (unpaired) electrons. The molecule has 0 saturated heterocycles. The lowest BCUT2D eigenvalue weighted by Gasteiger charge is -2.15. The molecule has 3 heterocycles. The van der Waals surface area contributed by atoms with Crippen LogP contribution in [-0.2, 0) is 4.74 Å². The third-order valence-corrected chi connectivity index (χ3v) is 3.25. The molecule has 0 bridgehead atoms. The second-order valence-corrected chi connectivity index (χ2v) is 4.31. The van der Waals surface area contributed by atoms with Gasteiger partial charge >= 0.3 is 0 Å². The van der Waals surface area contributed by atoms with E-state index in [0.717, 1.165) is 18.6 Å². The second-order valence-electron chi connectivity index (χ2n) is 4.31. The quantitative estimate of drug-likeness (QED) is 0.823. The minimum Gasteiger partial charge on any atom is -0.494 e. The summed E-state index contributed by atoms with van der Waals surface area (Å²) in [5.74, 6) is 0.666. The maximum absolute atomic E-state index is 9.08. The number of nitriles is 1. The van der Waals surface area contributed by atoms with Gasteiger partial charge in [0.2, 0.25) is 0 Å². The van der Waals surface area contributed by atoms with E-state index >= 15 is 0 Å². The average Bonchev–Trinajstić information content (AvgIpc) is 2.90. The van der Waals surface area contributed by atoms with Crippen LogP contribution in [0.4, 0.5) is 0 Å². The number of rotatable bonds is 2. The third-order valence-electron chi connectivity index (χ3n) is 3.25. The predicted molar refractivity (Wildman–Crippen MR) is 69.9 cm³/mol. The third kappa shape index (κ3) is 1.96. The summed E-state index contributed by atoms with van der Waals surface area (Å²) < 4.78 is 12.4. The number of nitrogens with zero attached hydrogens (tertiary/aromatic N) is 3. The van der Waals surface area contributed by atoms with Gasteiger partial charge in [0.15, 0.2) is 0 Å². The second kappa shape index (κ2) is 4.75. The minimum absolute atomic E-state index is 0.518. The number of pyridine rings is 1. The summed E-state index contributed by atoms with van der Waals surface area (Å²) in [6.45, 7) is 1.37. The lowest BCUT2D eigenvalue weighted by molar-refractivity contribution is 0.161. The van der Waals surface area contributed by atoms with E-state index in [4.69, 9.17) is 14.7 Å². The van der Waals surface area contributed by atoms with Crippen molar-refractivity contribution in [3.63, 3.8) is 0 Å². The molecular formula is C14H13N3O2. The maximum Gasteiger partial charge on any atom is 0.146 e. The molecule has 2 aromatic rings. The zero-order valence-corrected chi connectivity index (χ0v) is 10.6. The molecule has 5 heteroatoms. The van der Waals surface area contributed by atoms with Gasteiger partial charge in [-0.2, -0.15) is 10.4 Å². The van der Waals surface area contributed by atoms with E-state index in [-0.39, 0.29) is 0 Å². The zero-order chi connectivity index (χ0) is 13.2. The van der Waals surface area contributed by atoms with E-state index in [1.807, 2.05) is 12.3 Å². The SMILES string of the molecule is COc1cc(C2=CCOCC2)cn2ncc(C#N)c12. The Balaban J connectivity index is 2.18. The van der Waals surface area contributed by atoms with Crippen molar-refractivity contribution in [2.24, 2.45) is 0 Å². The fraction of sp³-hybridized carbons (Fsp3) is 0.286. The van der Waals surface area contributed by atoms with Gasteiger partial charge in [-0.1, -0.05) is 6.08 Å². The molecule has 0 atom stereocenters. The van der Waals surface area contributed by atoms with Crippen LogP contribution in [0, 0.1) is 11.3 Å². The minimum atomic E-state index is 0.518. The van der Waals surface area contributed by atoms with Gasteiger partial charge in [0.05, 0.1) is 26.5 Å². The average molecular weight is 255 g/mol. The van der Waals surface area contributed by atoms with Gasteiger partial charge < -0.3 is 9.47 Å². The number of hydrogen-bond donors (Lipinski definition) is 0. The smallest absolute Gasteiger partial charge is 0.146 e. The molecule has 2 aromatic heterocycles. The van der Waals surface area contributed by atoms with Crippen LogP contribution < -0.4 is 4.74 Å². The first-order valence-corrected chi connectivity index (χ1v) is 6.06. The summed E-state index contributed by atoms with van der Waals surface area (Å²) in [5.41, 5.74) is 3.51. The van der Waals surface area contributed by atoms with Crippen LogP contribution in [-0.4, -0.2) is 29.9 Å². The largest absolute Gasteiger partial charge is 0.494 e. The van der Waals surface area contributed by atoms with Gasteiger partial charge in [-0.25, -0.2) is 4.52 Å². The van der Waals surface area contributed by atoms with E-state index in [2.05, 4.69) is 17.2 Å². The molecule has 1 aliphatic rings. The Kier molecular flexibility index (Phi) is 2.94. The topological polar surface area (TPSA) is 59.6 Å². The molecule has 1 aliphatic heterocycles. The summed E-state index contributed by atoms with van der Waals surface area (Å²) in [6.07, 6.45) is 6.43. The molecule has 96 valence electrons. The summed E-state index contributed by atoms with van der Waals surface area (Å²) in [6, 6.07) is 4.08. The van der Waals surface area contributed by atoms with Crippen LogP contribution in [0.25, 0.3) is 11.1 Å². The predicted octanol–water partition coefficient (Wildman–Crippen LogP) is 2.02. The molecule has 0 unspecified atom stereocenters. The lowest BCUT2D eigenvalue weighted by atomic mass is 10.0. The first-order valence-electron chi connectivity index (χ1n) is 6.06. The van der Waals surface area contributed by atoms with Crippen molar-refractivity contribution >= 4 is 11.1 Å². The fourth-order valence-corrected chi connectivity index (χ4v) is 2.29. The molecule has 19 heavy (non-hydrogen) atoms. The molecule has 0 fully saturated rings. The van der Waals surface area contributed by atoms with Gasteiger partial charge in [-0.3, -0.25) is 0 Å². The van der Waals surface area contributed by atoms with Crippen molar-refractivity contribution < 1.29 is 9.47 Å². The van der Waals surface area contributed by atoms with Crippen molar-refractivity contribution in [1.29, 1.82) is 5.26 Å². The highest BCUT2D eigenvalue weighted by atomic mass is 16.5. The first kappa shape index (κ1) is 11.8. The Labute approximate surface area is 110 Å². The van der Waals surface area contributed by atoms with Crippen molar-refractivity contribution in [2.75, 3.05) is 20.3 Å². The molecule has 3 rings (SSSR count). The Bertz CT molecular complexity index is 695. The van der Waals surface area contributed by atoms with E-state index in [1.165, 1.54) is 5.57 Å². The van der Waals surface area contributed by atoms with Gasteiger partial charge in [0, 0.05) is 6.20 Å². The number of aromatic nitrogens is 2. The van der Waals surface area contributed by atoms with Gasteiger partial charge in [0.25, 0.3) is 0 Å². The van der Waals surface area contributed by atoms with Gasteiger partial charge in [-0.05, 0) is 23.6 Å². The molecule has 0 amide bonds. The Morgan fingerprint density at radius 3 is 3.11 bits per heavy atom. The van der Waals surface area contributed by atoms with Crippen LogP contribution in [0.2, 0.25) is 0 Å².